The molecule has 4 nitrogen and oxygen atoms in total. The zero-order valence-electron chi connectivity index (χ0n) is 17.4. The van der Waals surface area contributed by atoms with E-state index in [0.29, 0.717) is 19.6 Å². The van der Waals surface area contributed by atoms with Crippen molar-refractivity contribution in [3.63, 3.8) is 0 Å². The molecule has 0 bridgehead atoms. The van der Waals surface area contributed by atoms with Gasteiger partial charge in [-0.3, -0.25) is 0 Å². The highest BCUT2D eigenvalue weighted by Gasteiger charge is 2.33. The van der Waals surface area contributed by atoms with Gasteiger partial charge in [-0.05, 0) is 43.6 Å². The highest BCUT2D eigenvalue weighted by molar-refractivity contribution is 5.90. The number of rotatable bonds is 7. The van der Waals surface area contributed by atoms with Crippen molar-refractivity contribution in [3.8, 4) is 0 Å². The first-order chi connectivity index (χ1) is 14.9. The topological polar surface area (TPSA) is 35.6 Å². The molecule has 1 N–H and O–H groups in total. The molecule has 0 spiro atoms. The van der Waals surface area contributed by atoms with E-state index in [-0.39, 0.29) is 5.69 Å². The van der Waals surface area contributed by atoms with Gasteiger partial charge in [0.15, 0.2) is 0 Å². The summed E-state index contributed by atoms with van der Waals surface area (Å²) in [6.07, 6.45) is 2.73. The monoisotopic (exact) mass is 431 g/mol. The summed E-state index contributed by atoms with van der Waals surface area (Å²) in [5, 5.41) is 2.47. The first-order valence-corrected chi connectivity index (χ1v) is 10.6. The number of para-hydroxylation sites is 1. The van der Waals surface area contributed by atoms with Crippen molar-refractivity contribution in [3.05, 3.63) is 71.8 Å². The molecule has 0 atom stereocenters. The fraction of sp³-hybridized carbons (Fsp3) is 0.375. The average molecular weight is 432 g/mol. The minimum absolute atomic E-state index is 0.227. The molecule has 166 valence electrons. The first kappa shape index (κ1) is 22.9. The Labute approximate surface area is 181 Å². The van der Waals surface area contributed by atoms with Gasteiger partial charge in [-0.1, -0.05) is 61.0 Å². The zero-order chi connectivity index (χ0) is 22.1. The Morgan fingerprint density at radius 1 is 1.00 bits per heavy atom. The minimum Gasteiger partial charge on any atom is -0.320 e. The highest BCUT2D eigenvalue weighted by atomic mass is 19.4. The number of alkyl halides is 3. The number of hydrogen-bond acceptors (Lipinski definition) is 2. The van der Waals surface area contributed by atoms with Gasteiger partial charge >= 0.3 is 12.2 Å². The Balaban J connectivity index is 1.69. The Bertz CT molecular complexity index is 862. The van der Waals surface area contributed by atoms with Gasteiger partial charge in [0.25, 0.3) is 0 Å². The van der Waals surface area contributed by atoms with Gasteiger partial charge in [-0.15, -0.1) is 0 Å². The lowest BCUT2D eigenvalue weighted by atomic mass is 10.1. The van der Waals surface area contributed by atoms with Crippen molar-refractivity contribution in [2.75, 3.05) is 38.0 Å². The number of carbonyl (C=O) groups is 1. The van der Waals surface area contributed by atoms with Gasteiger partial charge in [0.2, 0.25) is 0 Å². The second-order valence-electron chi connectivity index (χ2n) is 7.63. The quantitative estimate of drug-likeness (QED) is 0.607. The van der Waals surface area contributed by atoms with Gasteiger partial charge in [0.1, 0.15) is 0 Å². The Hall–Kier alpha value is -2.80. The van der Waals surface area contributed by atoms with Crippen LogP contribution in [0.2, 0.25) is 0 Å². The van der Waals surface area contributed by atoms with Crippen LogP contribution in [0, 0.1) is 0 Å². The summed E-state index contributed by atoms with van der Waals surface area (Å²) in [7, 11) is 0. The molecule has 1 fully saturated rings. The maximum absolute atomic E-state index is 13.3. The van der Waals surface area contributed by atoms with E-state index in [1.165, 1.54) is 24.6 Å². The molecule has 2 aromatic rings. The summed E-state index contributed by atoms with van der Waals surface area (Å²) in [5.41, 5.74) is -0.0736. The number of halogens is 3. The summed E-state index contributed by atoms with van der Waals surface area (Å²) >= 11 is 0. The maximum atomic E-state index is 13.3. The van der Waals surface area contributed by atoms with Gasteiger partial charge in [-0.2, -0.15) is 13.2 Å². The lowest BCUT2D eigenvalue weighted by molar-refractivity contribution is -0.136. The van der Waals surface area contributed by atoms with E-state index in [1.54, 1.807) is 4.90 Å². The van der Waals surface area contributed by atoms with Crippen LogP contribution in [0.15, 0.2) is 60.7 Å². The van der Waals surface area contributed by atoms with Gasteiger partial charge in [-0.25, -0.2) is 4.79 Å². The van der Waals surface area contributed by atoms with Crippen LogP contribution in [0.3, 0.4) is 0 Å². The van der Waals surface area contributed by atoms with E-state index in [1.807, 2.05) is 42.5 Å². The molecule has 7 heteroatoms. The smallest absolute Gasteiger partial charge is 0.320 e. The third-order valence-corrected chi connectivity index (χ3v) is 5.33. The molecule has 0 unspecified atom stereocenters. The lowest BCUT2D eigenvalue weighted by Gasteiger charge is -2.30. The van der Waals surface area contributed by atoms with Crippen molar-refractivity contribution >= 4 is 17.8 Å². The van der Waals surface area contributed by atoms with E-state index in [4.69, 9.17) is 0 Å². The van der Waals surface area contributed by atoms with Crippen LogP contribution < -0.4 is 5.32 Å². The Morgan fingerprint density at radius 3 is 2.39 bits per heavy atom. The molecular formula is C24H28F3N3O. The minimum atomic E-state index is -4.53. The van der Waals surface area contributed by atoms with E-state index in [0.717, 1.165) is 37.6 Å². The molecule has 1 aliphatic heterocycles. The number of likely N-dealkylation sites (tertiary alicyclic amines) is 1. The standard InChI is InChI=1S/C24H28F3N3O/c25-24(26,27)21-13-5-6-14-22(21)28-23(31)30(19-18-29-15-7-2-8-16-29)17-9-12-20-10-3-1-4-11-20/h1,3-6,9-14H,2,7-8,15-19H2,(H,28,31)/b12-9+. The normalized spacial score (nSPS) is 15.2. The van der Waals surface area contributed by atoms with Crippen LogP contribution in [0.5, 0.6) is 0 Å². The van der Waals surface area contributed by atoms with E-state index in [9.17, 15) is 18.0 Å². The van der Waals surface area contributed by atoms with Crippen molar-refractivity contribution in [2.24, 2.45) is 0 Å². The zero-order valence-corrected chi connectivity index (χ0v) is 17.4. The van der Waals surface area contributed by atoms with Crippen LogP contribution in [0.25, 0.3) is 6.08 Å². The molecule has 0 aliphatic carbocycles. The van der Waals surface area contributed by atoms with Crippen molar-refractivity contribution < 1.29 is 18.0 Å². The summed E-state index contributed by atoms with van der Waals surface area (Å²) < 4.78 is 39.9. The van der Waals surface area contributed by atoms with Crippen LogP contribution in [0.4, 0.5) is 23.7 Å². The van der Waals surface area contributed by atoms with E-state index >= 15 is 0 Å². The molecular weight excluding hydrogens is 403 g/mol. The molecule has 1 heterocycles. The Morgan fingerprint density at radius 2 is 1.68 bits per heavy atom. The molecule has 2 aromatic carbocycles. The summed E-state index contributed by atoms with van der Waals surface area (Å²) in [4.78, 5) is 16.8. The number of nitrogens with zero attached hydrogens (tertiary/aromatic N) is 2. The fourth-order valence-electron chi connectivity index (χ4n) is 3.63. The predicted molar refractivity (Wildman–Crippen MR) is 118 cm³/mol. The lowest BCUT2D eigenvalue weighted by Crippen LogP contribution is -2.42. The number of piperidine rings is 1. The van der Waals surface area contributed by atoms with Gasteiger partial charge in [0.05, 0.1) is 11.3 Å². The molecule has 2 amide bonds. The molecule has 0 saturated carbocycles. The van der Waals surface area contributed by atoms with Gasteiger partial charge < -0.3 is 15.1 Å². The van der Waals surface area contributed by atoms with Crippen molar-refractivity contribution in [1.29, 1.82) is 0 Å². The highest BCUT2D eigenvalue weighted by Crippen LogP contribution is 2.34. The molecule has 1 aliphatic rings. The van der Waals surface area contributed by atoms with E-state index < -0.39 is 17.8 Å². The summed E-state index contributed by atoms with van der Waals surface area (Å²) in [6.45, 7) is 3.44. The average Bonchev–Trinajstić information content (AvgIpc) is 2.77. The molecule has 31 heavy (non-hydrogen) atoms. The second-order valence-corrected chi connectivity index (χ2v) is 7.63. The molecule has 0 radical (unpaired) electrons. The Kier molecular flexibility index (Phi) is 8.12. The summed E-state index contributed by atoms with van der Waals surface area (Å²) in [5.74, 6) is 0. The molecule has 0 aromatic heterocycles. The van der Waals surface area contributed by atoms with Crippen LogP contribution in [-0.4, -0.2) is 48.6 Å². The predicted octanol–water partition coefficient (Wildman–Crippen LogP) is 5.74. The largest absolute Gasteiger partial charge is 0.418 e. The van der Waals surface area contributed by atoms with Crippen LogP contribution in [0.1, 0.15) is 30.4 Å². The third-order valence-electron chi connectivity index (χ3n) is 5.33. The van der Waals surface area contributed by atoms with Gasteiger partial charge in [0, 0.05) is 19.6 Å². The number of anilines is 1. The number of urea groups is 1. The third kappa shape index (κ3) is 7.14. The number of amides is 2. The van der Waals surface area contributed by atoms with E-state index in [2.05, 4.69) is 10.2 Å². The number of hydrogen-bond donors (Lipinski definition) is 1. The second kappa shape index (κ2) is 11.0. The van der Waals surface area contributed by atoms with Crippen molar-refractivity contribution in [2.45, 2.75) is 25.4 Å². The number of nitrogens with one attached hydrogen (secondary N) is 1. The number of benzene rings is 2. The van der Waals surface area contributed by atoms with Crippen LogP contribution >= 0.6 is 0 Å². The van der Waals surface area contributed by atoms with Crippen molar-refractivity contribution in [1.82, 2.24) is 9.80 Å². The number of carbonyl (C=O) groups excluding carboxylic acids is 1. The SMILES string of the molecule is O=C(Nc1ccccc1C(F)(F)F)N(C/C=C/c1ccccc1)CCN1CCCCC1. The van der Waals surface area contributed by atoms with Crippen LogP contribution in [-0.2, 0) is 6.18 Å². The molecule has 3 rings (SSSR count). The fourth-order valence-corrected chi connectivity index (χ4v) is 3.63. The summed E-state index contributed by atoms with van der Waals surface area (Å²) in [6, 6.07) is 14.2. The maximum Gasteiger partial charge on any atom is 0.418 e. The first-order valence-electron chi connectivity index (χ1n) is 10.6. The molecule has 1 saturated heterocycles.